The Bertz CT molecular complexity index is 1200. The van der Waals surface area contributed by atoms with Crippen LogP contribution >= 0.6 is 0 Å². The molecule has 2 aromatic carbocycles. The van der Waals surface area contributed by atoms with Gasteiger partial charge in [0.2, 0.25) is 0 Å². The summed E-state index contributed by atoms with van der Waals surface area (Å²) in [6.45, 7) is 3.49. The summed E-state index contributed by atoms with van der Waals surface area (Å²) in [7, 11) is -0.639. The van der Waals surface area contributed by atoms with Gasteiger partial charge in [0.25, 0.3) is 5.91 Å². The van der Waals surface area contributed by atoms with Crippen LogP contribution < -0.4 is 15.4 Å². The zero-order chi connectivity index (χ0) is 23.5. The van der Waals surface area contributed by atoms with E-state index in [0.29, 0.717) is 17.5 Å². The quantitative estimate of drug-likeness (QED) is 0.496. The molecule has 0 unspecified atom stereocenters. The average Bonchev–Trinajstić information content (AvgIpc) is 3.69. The van der Waals surface area contributed by atoms with Crippen molar-refractivity contribution in [2.24, 2.45) is 5.92 Å². The van der Waals surface area contributed by atoms with Gasteiger partial charge in [-0.25, -0.2) is 0 Å². The minimum Gasteiger partial charge on any atom is -0.493 e. The molecule has 5 rings (SSSR count). The molecule has 0 spiro atoms. The molecule has 1 saturated carbocycles. The predicted octanol–water partition coefficient (Wildman–Crippen LogP) is 4.59. The van der Waals surface area contributed by atoms with Crippen LogP contribution in [0.1, 0.15) is 47.2 Å². The van der Waals surface area contributed by atoms with Gasteiger partial charge in [-0.1, -0.05) is 6.07 Å². The van der Waals surface area contributed by atoms with Crippen LogP contribution in [0, 0.1) is 12.8 Å². The van der Waals surface area contributed by atoms with E-state index in [9.17, 15) is 9.00 Å². The molecule has 1 aliphatic heterocycles. The molecule has 1 saturated heterocycles. The molecule has 1 aromatic heterocycles. The van der Waals surface area contributed by atoms with Crippen molar-refractivity contribution in [2.75, 3.05) is 23.4 Å². The number of hydrogen-bond donors (Lipinski definition) is 2. The van der Waals surface area contributed by atoms with Gasteiger partial charge in [-0.05, 0) is 86.1 Å². The molecule has 0 radical (unpaired) electrons. The van der Waals surface area contributed by atoms with Crippen LogP contribution in [0.4, 0.5) is 5.69 Å². The highest BCUT2D eigenvalue weighted by Gasteiger charge is 2.22. The number of carbonyl (C=O) groups is 1. The van der Waals surface area contributed by atoms with Gasteiger partial charge < -0.3 is 15.4 Å². The molecule has 2 heterocycles. The van der Waals surface area contributed by atoms with Crippen molar-refractivity contribution in [1.29, 1.82) is 0 Å². The number of benzene rings is 2. The van der Waals surface area contributed by atoms with Crippen LogP contribution in [0.2, 0.25) is 0 Å². The van der Waals surface area contributed by atoms with Gasteiger partial charge in [-0.3, -0.25) is 14.0 Å². The summed E-state index contributed by atoms with van der Waals surface area (Å²) >= 11 is 0. The number of hydrogen-bond acceptors (Lipinski definition) is 5. The monoisotopic (exact) mass is 477 g/mol. The minimum absolute atomic E-state index is 0.148. The van der Waals surface area contributed by atoms with Crippen LogP contribution in [-0.4, -0.2) is 39.3 Å². The van der Waals surface area contributed by atoms with Crippen molar-refractivity contribution < 1.29 is 13.7 Å². The summed E-state index contributed by atoms with van der Waals surface area (Å²) in [6.07, 6.45) is 6.33. The predicted molar refractivity (Wildman–Crippen MR) is 137 cm³/mol. The number of aryl methyl sites for hydroxylation is 1. The van der Waals surface area contributed by atoms with Crippen LogP contribution in [0.5, 0.6) is 5.75 Å². The van der Waals surface area contributed by atoms with Gasteiger partial charge in [-0.2, -0.15) is 0 Å². The molecule has 3 aromatic rings. The third-order valence-electron chi connectivity index (χ3n) is 6.69. The van der Waals surface area contributed by atoms with Gasteiger partial charge in [0.05, 0.1) is 12.1 Å². The molecule has 0 atom stereocenters. The molecule has 34 heavy (non-hydrogen) atoms. The number of fused-ring (bicyclic) bond motifs is 1. The first-order chi connectivity index (χ1) is 16.5. The first kappa shape index (κ1) is 23.0. The average molecular weight is 478 g/mol. The normalized spacial score (nSPS) is 20.3. The van der Waals surface area contributed by atoms with Crippen LogP contribution in [0.25, 0.3) is 10.9 Å². The second-order valence-electron chi connectivity index (χ2n) is 9.39. The van der Waals surface area contributed by atoms with Crippen molar-refractivity contribution in [3.05, 3.63) is 65.4 Å². The van der Waals surface area contributed by atoms with E-state index in [2.05, 4.69) is 16.7 Å². The van der Waals surface area contributed by atoms with E-state index in [1.807, 2.05) is 37.4 Å². The fourth-order valence-corrected chi connectivity index (χ4v) is 5.58. The Labute approximate surface area is 203 Å². The maximum absolute atomic E-state index is 12.8. The van der Waals surface area contributed by atoms with Crippen molar-refractivity contribution in [2.45, 2.75) is 45.2 Å². The fourth-order valence-electron chi connectivity index (χ4n) is 4.28. The largest absolute Gasteiger partial charge is 0.493 e. The summed E-state index contributed by atoms with van der Waals surface area (Å²) < 4.78 is 17.3. The summed E-state index contributed by atoms with van der Waals surface area (Å²) in [5.41, 5.74) is 4.32. The van der Waals surface area contributed by atoms with E-state index in [1.165, 1.54) is 12.8 Å². The molecule has 0 bridgehead atoms. The lowest BCUT2D eigenvalue weighted by molar-refractivity contribution is 0.102. The van der Waals surface area contributed by atoms with E-state index in [0.717, 1.165) is 71.0 Å². The lowest BCUT2D eigenvalue weighted by Gasteiger charge is -2.22. The van der Waals surface area contributed by atoms with Crippen LogP contribution in [0.3, 0.4) is 0 Å². The van der Waals surface area contributed by atoms with E-state index in [4.69, 9.17) is 9.72 Å². The third kappa shape index (κ3) is 5.65. The zero-order valence-corrected chi connectivity index (χ0v) is 20.3. The van der Waals surface area contributed by atoms with E-state index >= 15 is 0 Å². The lowest BCUT2D eigenvalue weighted by atomic mass is 10.1. The summed E-state index contributed by atoms with van der Waals surface area (Å²) in [4.78, 5) is 17.5. The first-order valence-corrected chi connectivity index (χ1v) is 13.5. The zero-order valence-electron chi connectivity index (χ0n) is 19.5. The smallest absolute Gasteiger partial charge is 0.255 e. The highest BCUT2D eigenvalue weighted by Crippen LogP contribution is 2.30. The number of carbonyl (C=O) groups excluding carboxylic acids is 1. The maximum Gasteiger partial charge on any atom is 0.255 e. The molecule has 1 amide bonds. The maximum atomic E-state index is 12.8. The third-order valence-corrected chi connectivity index (χ3v) is 8.07. The van der Waals surface area contributed by atoms with Gasteiger partial charge >= 0.3 is 0 Å². The topological polar surface area (TPSA) is 80.3 Å². The van der Waals surface area contributed by atoms with Crippen molar-refractivity contribution in [3.63, 3.8) is 0 Å². The Morgan fingerprint density at radius 3 is 2.59 bits per heavy atom. The van der Waals surface area contributed by atoms with Gasteiger partial charge in [-0.15, -0.1) is 0 Å². The Kier molecular flexibility index (Phi) is 6.92. The summed E-state index contributed by atoms with van der Waals surface area (Å²) in [6, 6.07) is 13.8. The molecule has 7 heteroatoms. The fraction of sp³-hybridized carbons (Fsp3) is 0.407. The van der Waals surface area contributed by atoms with Crippen molar-refractivity contribution in [1.82, 2.24) is 10.3 Å². The highest BCUT2D eigenvalue weighted by molar-refractivity contribution is 7.85. The van der Waals surface area contributed by atoms with Gasteiger partial charge in [0.15, 0.2) is 0 Å². The Hall–Kier alpha value is -2.77. The van der Waals surface area contributed by atoms with Crippen molar-refractivity contribution >= 4 is 33.3 Å². The molecule has 2 fully saturated rings. The Balaban J connectivity index is 1.22. The second kappa shape index (κ2) is 10.2. The van der Waals surface area contributed by atoms with E-state index in [-0.39, 0.29) is 5.91 Å². The lowest BCUT2D eigenvalue weighted by Crippen LogP contribution is -2.35. The number of anilines is 1. The Morgan fingerprint density at radius 1 is 1.09 bits per heavy atom. The minimum atomic E-state index is -0.639. The standard InChI is InChI=1S/C27H31N3O3S/c1-18-25(30-27(31)21-4-7-24(8-5-21)33-17-19-2-3-19)9-6-22-14-20(16-29-26(18)22)15-28-23-10-12-34(32)13-11-23/h4-9,14,16,19,23,28H,2-3,10-13,15,17H2,1H3,(H,30,31). The molecule has 2 aliphatic rings. The number of rotatable bonds is 8. The van der Waals surface area contributed by atoms with Gasteiger partial charge in [0.1, 0.15) is 5.75 Å². The summed E-state index contributed by atoms with van der Waals surface area (Å²) in [5, 5.41) is 7.65. The SMILES string of the molecule is Cc1c(NC(=O)c2ccc(OCC3CC3)cc2)ccc2cc(CNC3CCS(=O)CC3)cnc12. The molecular formula is C27H31N3O3S. The number of pyridine rings is 1. The number of nitrogens with one attached hydrogen (secondary N) is 2. The van der Waals surface area contributed by atoms with Crippen LogP contribution in [-0.2, 0) is 17.3 Å². The number of amides is 1. The van der Waals surface area contributed by atoms with Gasteiger partial charge in [0, 0.05) is 57.7 Å². The van der Waals surface area contributed by atoms with Crippen molar-refractivity contribution in [3.8, 4) is 5.75 Å². The van der Waals surface area contributed by atoms with Crippen LogP contribution in [0.15, 0.2) is 48.7 Å². The van der Waals surface area contributed by atoms with E-state index < -0.39 is 10.8 Å². The number of nitrogens with zero attached hydrogens (tertiary/aromatic N) is 1. The summed E-state index contributed by atoms with van der Waals surface area (Å²) in [5.74, 6) is 2.94. The number of aromatic nitrogens is 1. The number of ether oxygens (including phenoxy) is 1. The molecule has 178 valence electrons. The molecule has 1 aliphatic carbocycles. The first-order valence-electron chi connectivity index (χ1n) is 12.1. The highest BCUT2D eigenvalue weighted by atomic mass is 32.2. The molecular weight excluding hydrogens is 446 g/mol. The molecule has 6 nitrogen and oxygen atoms in total. The molecule has 2 N–H and O–H groups in total. The second-order valence-corrected chi connectivity index (χ2v) is 11.1. The Morgan fingerprint density at radius 2 is 1.85 bits per heavy atom. The van der Waals surface area contributed by atoms with E-state index in [1.54, 1.807) is 12.1 Å².